The highest BCUT2D eigenvalue weighted by atomic mass is 35.5. The second kappa shape index (κ2) is 9.49. The fourth-order valence-electron chi connectivity index (χ4n) is 1.56. The summed E-state index contributed by atoms with van der Waals surface area (Å²) < 4.78 is 29.8. The van der Waals surface area contributed by atoms with Gasteiger partial charge in [-0.1, -0.05) is 0 Å². The average Bonchev–Trinajstić information content (AvgIpc) is 2.36. The minimum absolute atomic E-state index is 0. The smallest absolute Gasteiger partial charge is 0.221 e. The van der Waals surface area contributed by atoms with Crippen LogP contribution in [0, 0.1) is 0 Å². The molecule has 0 aromatic carbocycles. The predicted octanol–water partition coefficient (Wildman–Crippen LogP) is -1.16. The number of sulfonamides is 1. The number of ether oxygens (including phenoxy) is 1. The number of hydrogen-bond acceptors (Lipinski definition) is 5. The Labute approximate surface area is 120 Å². The molecule has 1 fully saturated rings. The maximum absolute atomic E-state index is 11.5. The molecule has 0 spiro atoms. The highest BCUT2D eigenvalue weighted by molar-refractivity contribution is 7.89. The van der Waals surface area contributed by atoms with Gasteiger partial charge in [0.1, 0.15) is 0 Å². The van der Waals surface area contributed by atoms with Gasteiger partial charge in [-0.15, -0.1) is 12.4 Å². The Bertz CT molecular complexity index is 358. The minimum Gasteiger partial charge on any atom is -0.378 e. The highest BCUT2D eigenvalue weighted by Crippen LogP contribution is 1.97. The number of amides is 1. The van der Waals surface area contributed by atoms with E-state index in [-0.39, 0.29) is 36.7 Å². The first-order valence-corrected chi connectivity index (χ1v) is 7.74. The van der Waals surface area contributed by atoms with E-state index in [2.05, 4.69) is 15.4 Å². The monoisotopic (exact) mass is 315 g/mol. The van der Waals surface area contributed by atoms with Crippen LogP contribution >= 0.6 is 12.4 Å². The van der Waals surface area contributed by atoms with Crippen molar-refractivity contribution >= 4 is 28.3 Å². The summed E-state index contributed by atoms with van der Waals surface area (Å²) in [7, 11) is -3.18. The number of rotatable bonds is 7. The van der Waals surface area contributed by atoms with E-state index in [0.29, 0.717) is 26.2 Å². The maximum atomic E-state index is 11.5. The molecule has 0 bridgehead atoms. The summed E-state index contributed by atoms with van der Waals surface area (Å²) in [4.78, 5) is 11.5. The van der Waals surface area contributed by atoms with Crippen molar-refractivity contribution in [1.82, 2.24) is 15.4 Å². The quantitative estimate of drug-likeness (QED) is 0.515. The molecule has 1 rings (SSSR count). The van der Waals surface area contributed by atoms with Gasteiger partial charge in [0.05, 0.1) is 19.0 Å². The first kappa shape index (κ1) is 18.6. The largest absolute Gasteiger partial charge is 0.378 e. The summed E-state index contributed by atoms with van der Waals surface area (Å²) in [5, 5.41) is 5.84. The molecular formula is C10H22ClN3O4S. The van der Waals surface area contributed by atoms with Gasteiger partial charge >= 0.3 is 0 Å². The summed E-state index contributed by atoms with van der Waals surface area (Å²) in [6.07, 6.45) is 0.348. The van der Waals surface area contributed by atoms with Gasteiger partial charge in [0.25, 0.3) is 0 Å². The third kappa shape index (κ3) is 8.38. The van der Waals surface area contributed by atoms with Crippen LogP contribution in [0.3, 0.4) is 0 Å². The molecule has 114 valence electrons. The Morgan fingerprint density at radius 1 is 1.42 bits per heavy atom. The van der Waals surface area contributed by atoms with E-state index < -0.39 is 10.0 Å². The predicted molar refractivity (Wildman–Crippen MR) is 74.9 cm³/mol. The van der Waals surface area contributed by atoms with Crippen molar-refractivity contribution < 1.29 is 17.9 Å². The van der Waals surface area contributed by atoms with Crippen LogP contribution in [0.4, 0.5) is 0 Å². The van der Waals surface area contributed by atoms with Crippen LogP contribution in [0.15, 0.2) is 0 Å². The molecular weight excluding hydrogens is 294 g/mol. The number of halogens is 1. The Kier molecular flexibility index (Phi) is 9.28. The van der Waals surface area contributed by atoms with Gasteiger partial charge in [-0.2, -0.15) is 0 Å². The van der Waals surface area contributed by atoms with Crippen LogP contribution in [-0.2, 0) is 19.6 Å². The Morgan fingerprint density at radius 2 is 2.16 bits per heavy atom. The highest BCUT2D eigenvalue weighted by Gasteiger charge is 2.16. The standard InChI is InChI=1S/C10H21N3O4S.ClH/c1-2-18(15,16)13-4-3-12-10(14)7-9-8-17-6-5-11-9;/h9,11,13H,2-8H2,1H3,(H,12,14);1H. The van der Waals surface area contributed by atoms with Gasteiger partial charge in [0.15, 0.2) is 0 Å². The molecule has 0 radical (unpaired) electrons. The van der Waals surface area contributed by atoms with E-state index in [0.717, 1.165) is 6.54 Å². The molecule has 1 amide bonds. The molecule has 1 heterocycles. The molecule has 7 nitrogen and oxygen atoms in total. The van der Waals surface area contributed by atoms with Gasteiger partial charge in [-0.05, 0) is 6.92 Å². The fourth-order valence-corrected chi connectivity index (χ4v) is 2.17. The molecule has 3 N–H and O–H groups in total. The average molecular weight is 316 g/mol. The molecule has 1 aliphatic rings. The van der Waals surface area contributed by atoms with Crippen LogP contribution in [0.5, 0.6) is 0 Å². The molecule has 19 heavy (non-hydrogen) atoms. The lowest BCUT2D eigenvalue weighted by molar-refractivity contribution is -0.122. The number of carbonyl (C=O) groups is 1. The van der Waals surface area contributed by atoms with Crippen molar-refractivity contribution in [3.63, 3.8) is 0 Å². The van der Waals surface area contributed by atoms with Crippen molar-refractivity contribution in [3.8, 4) is 0 Å². The number of carbonyl (C=O) groups excluding carboxylic acids is 1. The van der Waals surface area contributed by atoms with Crippen LogP contribution in [0.25, 0.3) is 0 Å². The number of morpholine rings is 1. The lowest BCUT2D eigenvalue weighted by Gasteiger charge is -2.23. The van der Waals surface area contributed by atoms with E-state index in [1.54, 1.807) is 6.92 Å². The third-order valence-corrected chi connectivity index (χ3v) is 3.98. The van der Waals surface area contributed by atoms with Gasteiger partial charge in [0, 0.05) is 32.1 Å². The Balaban J connectivity index is 0.00000324. The van der Waals surface area contributed by atoms with Crippen LogP contribution < -0.4 is 15.4 Å². The summed E-state index contributed by atoms with van der Waals surface area (Å²) >= 11 is 0. The zero-order valence-electron chi connectivity index (χ0n) is 11.0. The van der Waals surface area contributed by atoms with E-state index in [1.165, 1.54) is 0 Å². The zero-order chi connectivity index (χ0) is 13.4. The van der Waals surface area contributed by atoms with Crippen molar-refractivity contribution in [1.29, 1.82) is 0 Å². The second-order valence-electron chi connectivity index (χ2n) is 4.08. The molecule has 0 aromatic heterocycles. The van der Waals surface area contributed by atoms with Crippen LogP contribution in [0.2, 0.25) is 0 Å². The van der Waals surface area contributed by atoms with Gasteiger partial charge in [-0.3, -0.25) is 4.79 Å². The Hall–Kier alpha value is -0.410. The molecule has 1 unspecified atom stereocenters. The van der Waals surface area contributed by atoms with Crippen molar-refractivity contribution in [3.05, 3.63) is 0 Å². The first-order valence-electron chi connectivity index (χ1n) is 6.08. The zero-order valence-corrected chi connectivity index (χ0v) is 12.6. The maximum Gasteiger partial charge on any atom is 0.221 e. The molecule has 0 aromatic rings. The van der Waals surface area contributed by atoms with Crippen LogP contribution in [-0.4, -0.2) is 59.0 Å². The molecule has 1 atom stereocenters. The molecule has 1 saturated heterocycles. The van der Waals surface area contributed by atoms with Gasteiger partial charge in [-0.25, -0.2) is 13.1 Å². The summed E-state index contributed by atoms with van der Waals surface area (Å²) in [6, 6.07) is 0.0473. The van der Waals surface area contributed by atoms with Gasteiger partial charge < -0.3 is 15.4 Å². The summed E-state index contributed by atoms with van der Waals surface area (Å²) in [6.45, 7) is 4.05. The van der Waals surface area contributed by atoms with Crippen molar-refractivity contribution in [2.75, 3.05) is 38.6 Å². The first-order chi connectivity index (χ1) is 8.53. The van der Waals surface area contributed by atoms with Crippen LogP contribution in [0.1, 0.15) is 13.3 Å². The molecule has 0 saturated carbocycles. The minimum atomic E-state index is -3.18. The van der Waals surface area contributed by atoms with E-state index in [9.17, 15) is 13.2 Å². The topological polar surface area (TPSA) is 96.5 Å². The Morgan fingerprint density at radius 3 is 2.74 bits per heavy atom. The van der Waals surface area contributed by atoms with Crippen molar-refractivity contribution in [2.24, 2.45) is 0 Å². The number of hydrogen-bond donors (Lipinski definition) is 3. The van der Waals surface area contributed by atoms with Crippen molar-refractivity contribution in [2.45, 2.75) is 19.4 Å². The van der Waals surface area contributed by atoms with Gasteiger partial charge in [0.2, 0.25) is 15.9 Å². The lowest BCUT2D eigenvalue weighted by atomic mass is 10.2. The summed E-state index contributed by atoms with van der Waals surface area (Å²) in [5.74, 6) is -0.0571. The molecule has 0 aliphatic carbocycles. The number of nitrogens with one attached hydrogen (secondary N) is 3. The van der Waals surface area contributed by atoms with E-state index in [4.69, 9.17) is 4.74 Å². The lowest BCUT2D eigenvalue weighted by Crippen LogP contribution is -2.45. The molecule has 1 aliphatic heterocycles. The molecule has 9 heteroatoms. The fraction of sp³-hybridized carbons (Fsp3) is 0.900. The van der Waals surface area contributed by atoms with E-state index >= 15 is 0 Å². The summed E-state index contributed by atoms with van der Waals surface area (Å²) in [5.41, 5.74) is 0. The SMILES string of the molecule is CCS(=O)(=O)NCCNC(=O)CC1COCCN1.Cl. The van der Waals surface area contributed by atoms with E-state index in [1.807, 2.05) is 0 Å². The third-order valence-electron chi connectivity index (χ3n) is 2.58. The normalized spacial score (nSPS) is 19.5. The second-order valence-corrected chi connectivity index (χ2v) is 6.17.